The first-order chi connectivity index (χ1) is 12.6. The number of aryl methyl sites for hydroxylation is 1. The molecular weight excluding hydrogens is 352 g/mol. The van der Waals surface area contributed by atoms with Crippen molar-refractivity contribution < 1.29 is 23.8 Å². The minimum atomic E-state index is -0.518. The molecular formula is C20H30O5S. The molecule has 1 heterocycles. The number of fused-ring (bicyclic) bond motifs is 1. The molecule has 0 fully saturated rings. The van der Waals surface area contributed by atoms with Crippen LogP contribution in [0.3, 0.4) is 0 Å². The van der Waals surface area contributed by atoms with Gasteiger partial charge in [-0.25, -0.2) is 4.79 Å². The van der Waals surface area contributed by atoms with Gasteiger partial charge in [-0.2, -0.15) is 0 Å². The molecule has 0 amide bonds. The highest BCUT2D eigenvalue weighted by Gasteiger charge is 2.39. The molecule has 146 valence electrons. The number of carbonyl (C=O) groups is 2. The lowest BCUT2D eigenvalue weighted by molar-refractivity contribution is -0.158. The van der Waals surface area contributed by atoms with Gasteiger partial charge in [-0.1, -0.05) is 13.3 Å². The van der Waals surface area contributed by atoms with Crippen molar-refractivity contribution >= 4 is 23.1 Å². The van der Waals surface area contributed by atoms with E-state index in [1.807, 2.05) is 13.8 Å². The second kappa shape index (κ2) is 10.2. The number of hydrogen-bond acceptors (Lipinski definition) is 6. The van der Waals surface area contributed by atoms with Crippen molar-refractivity contribution in [2.75, 3.05) is 19.8 Å². The monoisotopic (exact) mass is 382 g/mol. The van der Waals surface area contributed by atoms with Crippen molar-refractivity contribution in [3.8, 4) is 0 Å². The molecule has 0 radical (unpaired) electrons. The molecule has 0 N–H and O–H groups in total. The predicted octanol–water partition coefficient (Wildman–Crippen LogP) is 4.41. The van der Waals surface area contributed by atoms with Crippen molar-refractivity contribution in [2.24, 2.45) is 5.92 Å². The molecule has 6 heteroatoms. The third kappa shape index (κ3) is 4.53. The number of ether oxygens (including phenoxy) is 3. The van der Waals surface area contributed by atoms with E-state index in [0.29, 0.717) is 37.5 Å². The van der Waals surface area contributed by atoms with E-state index in [9.17, 15) is 9.59 Å². The van der Waals surface area contributed by atoms with Crippen LogP contribution < -0.4 is 0 Å². The smallest absolute Gasteiger partial charge is 0.348 e. The summed E-state index contributed by atoms with van der Waals surface area (Å²) in [6.45, 7) is 9.07. The Bertz CT molecular complexity index is 616. The second-order valence-electron chi connectivity index (χ2n) is 6.32. The topological polar surface area (TPSA) is 61.8 Å². The predicted molar refractivity (Wildman–Crippen MR) is 102 cm³/mol. The van der Waals surface area contributed by atoms with Gasteiger partial charge in [-0.15, -0.1) is 11.3 Å². The molecule has 0 spiro atoms. The molecule has 1 aliphatic carbocycles. The van der Waals surface area contributed by atoms with E-state index in [2.05, 4.69) is 6.92 Å². The highest BCUT2D eigenvalue weighted by atomic mass is 32.1. The number of rotatable bonds is 10. The van der Waals surface area contributed by atoms with Crippen molar-refractivity contribution in [2.45, 2.75) is 66.1 Å². The quantitative estimate of drug-likeness (QED) is 0.443. The Morgan fingerprint density at radius 3 is 2.42 bits per heavy atom. The SMILES string of the molecule is CCCCc1sc(C(=O)OCC)c2c1C(=O)C(C(OCC)OCC)CC2. The van der Waals surface area contributed by atoms with Crippen molar-refractivity contribution in [3.63, 3.8) is 0 Å². The van der Waals surface area contributed by atoms with E-state index >= 15 is 0 Å². The van der Waals surface area contributed by atoms with E-state index in [1.54, 1.807) is 6.92 Å². The molecule has 1 unspecified atom stereocenters. The fraction of sp³-hybridized carbons (Fsp3) is 0.700. The zero-order chi connectivity index (χ0) is 19.1. The van der Waals surface area contributed by atoms with Gasteiger partial charge in [0.05, 0.1) is 12.5 Å². The van der Waals surface area contributed by atoms with E-state index in [0.717, 1.165) is 35.3 Å². The summed E-state index contributed by atoms with van der Waals surface area (Å²) >= 11 is 1.43. The van der Waals surface area contributed by atoms with E-state index in [-0.39, 0.29) is 17.7 Å². The van der Waals surface area contributed by atoms with Gasteiger partial charge in [0.1, 0.15) is 4.88 Å². The fourth-order valence-electron chi connectivity index (χ4n) is 3.40. The average molecular weight is 383 g/mol. The van der Waals surface area contributed by atoms with Crippen LogP contribution in [-0.4, -0.2) is 37.9 Å². The largest absolute Gasteiger partial charge is 0.462 e. The minimum Gasteiger partial charge on any atom is -0.462 e. The maximum absolute atomic E-state index is 13.3. The van der Waals surface area contributed by atoms with E-state index < -0.39 is 6.29 Å². The van der Waals surface area contributed by atoms with Gasteiger partial charge in [0, 0.05) is 23.7 Å². The zero-order valence-electron chi connectivity index (χ0n) is 16.3. The highest BCUT2D eigenvalue weighted by molar-refractivity contribution is 7.14. The molecule has 0 aliphatic heterocycles. The average Bonchev–Trinajstić information content (AvgIpc) is 3.00. The first-order valence-corrected chi connectivity index (χ1v) is 10.5. The Kier molecular flexibility index (Phi) is 8.25. The fourth-order valence-corrected chi connectivity index (χ4v) is 4.69. The summed E-state index contributed by atoms with van der Waals surface area (Å²) in [4.78, 5) is 27.2. The van der Waals surface area contributed by atoms with Crippen LogP contribution in [0.5, 0.6) is 0 Å². The van der Waals surface area contributed by atoms with Crippen LogP contribution in [0.4, 0.5) is 0 Å². The Labute approximate surface area is 160 Å². The van der Waals surface area contributed by atoms with Gasteiger partial charge < -0.3 is 14.2 Å². The summed E-state index contributed by atoms with van der Waals surface area (Å²) in [5.41, 5.74) is 1.60. The Balaban J connectivity index is 2.38. The number of carbonyl (C=O) groups excluding carboxylic acids is 2. The lowest BCUT2D eigenvalue weighted by Crippen LogP contribution is -2.37. The summed E-state index contributed by atoms with van der Waals surface area (Å²) in [6, 6.07) is 0. The summed E-state index contributed by atoms with van der Waals surface area (Å²) in [5, 5.41) is 0. The molecule has 0 saturated heterocycles. The third-order valence-corrected chi connectivity index (χ3v) is 5.85. The van der Waals surface area contributed by atoms with Gasteiger partial charge in [-0.05, 0) is 52.0 Å². The number of thiophene rings is 1. The van der Waals surface area contributed by atoms with Gasteiger partial charge in [-0.3, -0.25) is 4.79 Å². The third-order valence-electron chi connectivity index (χ3n) is 4.58. The summed E-state index contributed by atoms with van der Waals surface area (Å²) in [5.74, 6) is -0.572. The molecule has 0 saturated carbocycles. The zero-order valence-corrected chi connectivity index (χ0v) is 17.1. The molecule has 26 heavy (non-hydrogen) atoms. The molecule has 1 aliphatic rings. The van der Waals surface area contributed by atoms with Crippen molar-refractivity contribution in [3.05, 3.63) is 20.9 Å². The molecule has 5 nitrogen and oxygen atoms in total. The standard InChI is InChI=1S/C20H30O5S/c1-5-9-10-15-16-13(18(26-15)19(22)23-6-2)11-12-14(17(16)21)20(24-7-3)25-8-4/h14,20H,5-12H2,1-4H3. The number of unbranched alkanes of at least 4 members (excludes halogenated alkanes) is 1. The van der Waals surface area contributed by atoms with Gasteiger partial charge in [0.2, 0.25) is 0 Å². The lowest BCUT2D eigenvalue weighted by atomic mass is 9.81. The first-order valence-electron chi connectivity index (χ1n) is 9.67. The first kappa shape index (κ1) is 21.1. The summed E-state index contributed by atoms with van der Waals surface area (Å²) in [6.07, 6.45) is 3.64. The Morgan fingerprint density at radius 2 is 1.85 bits per heavy atom. The summed E-state index contributed by atoms with van der Waals surface area (Å²) in [7, 11) is 0. The van der Waals surface area contributed by atoms with Crippen LogP contribution in [0.15, 0.2) is 0 Å². The normalized spacial score (nSPS) is 16.8. The molecule has 2 rings (SSSR count). The number of hydrogen-bond donors (Lipinski definition) is 0. The summed E-state index contributed by atoms with van der Waals surface area (Å²) < 4.78 is 16.6. The molecule has 1 aromatic rings. The lowest BCUT2D eigenvalue weighted by Gasteiger charge is -2.29. The maximum atomic E-state index is 13.3. The van der Waals surface area contributed by atoms with Gasteiger partial charge in [0.25, 0.3) is 0 Å². The number of Topliss-reactive ketones (excluding diaryl/α,β-unsaturated/α-hetero) is 1. The molecule has 0 aromatic carbocycles. The van der Waals surface area contributed by atoms with Crippen LogP contribution >= 0.6 is 11.3 Å². The maximum Gasteiger partial charge on any atom is 0.348 e. The van der Waals surface area contributed by atoms with Gasteiger partial charge >= 0.3 is 5.97 Å². The van der Waals surface area contributed by atoms with Gasteiger partial charge in [0.15, 0.2) is 12.1 Å². The minimum absolute atomic E-state index is 0.0519. The highest BCUT2D eigenvalue weighted by Crippen LogP contribution is 2.39. The van der Waals surface area contributed by atoms with Crippen LogP contribution in [0.2, 0.25) is 0 Å². The van der Waals surface area contributed by atoms with Crippen molar-refractivity contribution in [1.29, 1.82) is 0 Å². The van der Waals surface area contributed by atoms with Crippen LogP contribution in [0, 0.1) is 5.92 Å². The van der Waals surface area contributed by atoms with Crippen LogP contribution in [-0.2, 0) is 27.1 Å². The molecule has 1 aromatic heterocycles. The van der Waals surface area contributed by atoms with Crippen LogP contribution in [0.25, 0.3) is 0 Å². The second-order valence-corrected chi connectivity index (χ2v) is 7.43. The Morgan fingerprint density at radius 1 is 1.15 bits per heavy atom. The van der Waals surface area contributed by atoms with E-state index in [1.165, 1.54) is 11.3 Å². The van der Waals surface area contributed by atoms with Crippen LogP contribution in [0.1, 0.15) is 77.4 Å². The number of ketones is 1. The molecule has 1 atom stereocenters. The van der Waals surface area contributed by atoms with Crippen molar-refractivity contribution in [1.82, 2.24) is 0 Å². The van der Waals surface area contributed by atoms with E-state index in [4.69, 9.17) is 14.2 Å². The number of esters is 1. The Hall–Kier alpha value is -1.24. The molecule has 0 bridgehead atoms.